The molecule has 84 valence electrons. The third-order valence-corrected chi connectivity index (χ3v) is 2.41. The molecule has 2 rings (SSSR count). The smallest absolute Gasteiger partial charge is 0.129 e. The van der Waals surface area contributed by atoms with Gasteiger partial charge in [0.15, 0.2) is 0 Å². The molecule has 0 aliphatic carbocycles. The Balaban J connectivity index is 2.15. The number of pyridine rings is 2. The van der Waals surface area contributed by atoms with Gasteiger partial charge in [0, 0.05) is 32.2 Å². The summed E-state index contributed by atoms with van der Waals surface area (Å²) in [6, 6.07) is 9.49. The van der Waals surface area contributed by atoms with Gasteiger partial charge in [0.05, 0.1) is 11.6 Å². The standard InChI is InChI=1S/C13H12N4/c1-17(10-12-3-2-5-15-9-12)13-7-11(8-14)4-6-16-13/h2-7,9H,10H2,1H3. The predicted molar refractivity (Wildman–Crippen MR) is 65.3 cm³/mol. The van der Waals surface area contributed by atoms with Crippen LogP contribution in [-0.4, -0.2) is 17.0 Å². The number of hydrogen-bond donors (Lipinski definition) is 0. The lowest BCUT2D eigenvalue weighted by atomic mass is 10.2. The molecule has 0 bridgehead atoms. The lowest BCUT2D eigenvalue weighted by molar-refractivity contribution is 0.891. The molecule has 0 N–H and O–H groups in total. The van der Waals surface area contributed by atoms with Gasteiger partial charge in [0.1, 0.15) is 5.82 Å². The van der Waals surface area contributed by atoms with Crippen molar-refractivity contribution in [3.8, 4) is 6.07 Å². The summed E-state index contributed by atoms with van der Waals surface area (Å²) in [6.07, 6.45) is 5.22. The number of hydrogen-bond acceptors (Lipinski definition) is 4. The molecule has 0 fully saturated rings. The summed E-state index contributed by atoms with van der Waals surface area (Å²) >= 11 is 0. The van der Waals surface area contributed by atoms with Crippen LogP contribution in [0.5, 0.6) is 0 Å². The van der Waals surface area contributed by atoms with E-state index in [2.05, 4.69) is 16.0 Å². The second kappa shape index (κ2) is 5.08. The third-order valence-electron chi connectivity index (χ3n) is 2.41. The minimum absolute atomic E-state index is 0.619. The average Bonchev–Trinajstić information content (AvgIpc) is 2.40. The SMILES string of the molecule is CN(Cc1cccnc1)c1cc(C#N)ccn1. The van der Waals surface area contributed by atoms with E-state index in [1.807, 2.05) is 30.3 Å². The van der Waals surface area contributed by atoms with Crippen LogP contribution in [0.2, 0.25) is 0 Å². The molecular formula is C13H12N4. The van der Waals surface area contributed by atoms with Gasteiger partial charge in [0.25, 0.3) is 0 Å². The van der Waals surface area contributed by atoms with E-state index >= 15 is 0 Å². The van der Waals surface area contributed by atoms with Gasteiger partial charge >= 0.3 is 0 Å². The summed E-state index contributed by atoms with van der Waals surface area (Å²) in [5.41, 5.74) is 1.73. The lowest BCUT2D eigenvalue weighted by Gasteiger charge is -2.17. The summed E-state index contributed by atoms with van der Waals surface area (Å²) in [7, 11) is 1.94. The van der Waals surface area contributed by atoms with E-state index in [4.69, 9.17) is 5.26 Å². The van der Waals surface area contributed by atoms with Crippen LogP contribution in [0, 0.1) is 11.3 Å². The Morgan fingerprint density at radius 2 is 2.24 bits per heavy atom. The summed E-state index contributed by atoms with van der Waals surface area (Å²) < 4.78 is 0. The van der Waals surface area contributed by atoms with Gasteiger partial charge in [-0.05, 0) is 23.8 Å². The minimum Gasteiger partial charge on any atom is -0.355 e. The van der Waals surface area contributed by atoms with Crippen molar-refractivity contribution in [1.29, 1.82) is 5.26 Å². The van der Waals surface area contributed by atoms with E-state index in [-0.39, 0.29) is 0 Å². The molecule has 0 spiro atoms. The Morgan fingerprint density at radius 3 is 2.94 bits per heavy atom. The Bertz CT molecular complexity index is 531. The number of aromatic nitrogens is 2. The van der Waals surface area contributed by atoms with Gasteiger partial charge in [-0.1, -0.05) is 6.07 Å². The molecule has 2 heterocycles. The molecule has 2 aromatic rings. The molecule has 0 saturated heterocycles. The molecule has 0 saturated carbocycles. The second-order valence-corrected chi connectivity index (χ2v) is 3.73. The Hall–Kier alpha value is -2.41. The third kappa shape index (κ3) is 2.79. The predicted octanol–water partition coefficient (Wildman–Crippen LogP) is 1.98. The normalized spacial score (nSPS) is 9.65. The minimum atomic E-state index is 0.619. The number of rotatable bonds is 3. The monoisotopic (exact) mass is 224 g/mol. The molecule has 0 aromatic carbocycles. The summed E-state index contributed by atoms with van der Waals surface area (Å²) in [5.74, 6) is 0.785. The van der Waals surface area contributed by atoms with Crippen LogP contribution < -0.4 is 4.90 Å². The summed E-state index contributed by atoms with van der Waals surface area (Å²) in [6.45, 7) is 0.718. The molecule has 0 aliphatic heterocycles. The van der Waals surface area contributed by atoms with E-state index in [0.29, 0.717) is 5.56 Å². The zero-order valence-electron chi connectivity index (χ0n) is 9.54. The summed E-state index contributed by atoms with van der Waals surface area (Å²) in [5, 5.41) is 8.83. The first-order valence-corrected chi connectivity index (χ1v) is 5.26. The van der Waals surface area contributed by atoms with Crippen molar-refractivity contribution in [2.24, 2.45) is 0 Å². The molecule has 0 radical (unpaired) electrons. The molecule has 4 nitrogen and oxygen atoms in total. The topological polar surface area (TPSA) is 52.8 Å². The van der Waals surface area contributed by atoms with Crippen molar-refractivity contribution in [1.82, 2.24) is 9.97 Å². The van der Waals surface area contributed by atoms with Crippen LogP contribution in [0.4, 0.5) is 5.82 Å². The van der Waals surface area contributed by atoms with E-state index in [1.165, 1.54) is 0 Å². The average molecular weight is 224 g/mol. The van der Waals surface area contributed by atoms with Crippen LogP contribution >= 0.6 is 0 Å². The highest BCUT2D eigenvalue weighted by atomic mass is 15.2. The molecule has 0 amide bonds. The van der Waals surface area contributed by atoms with Crippen molar-refractivity contribution >= 4 is 5.82 Å². The van der Waals surface area contributed by atoms with Crippen LogP contribution in [0.3, 0.4) is 0 Å². The first-order chi connectivity index (χ1) is 8.29. The van der Waals surface area contributed by atoms with Crippen LogP contribution in [0.25, 0.3) is 0 Å². The fraction of sp³-hybridized carbons (Fsp3) is 0.154. The van der Waals surface area contributed by atoms with Gasteiger partial charge < -0.3 is 4.90 Å². The van der Waals surface area contributed by atoms with E-state index in [0.717, 1.165) is 17.9 Å². The van der Waals surface area contributed by atoms with Gasteiger partial charge in [-0.2, -0.15) is 5.26 Å². The molecule has 4 heteroatoms. The van der Waals surface area contributed by atoms with E-state index in [1.54, 1.807) is 24.5 Å². The molecule has 17 heavy (non-hydrogen) atoms. The molecule has 2 aromatic heterocycles. The quantitative estimate of drug-likeness (QED) is 0.800. The highest BCUT2D eigenvalue weighted by Crippen LogP contribution is 2.13. The molecule has 0 aliphatic rings. The second-order valence-electron chi connectivity index (χ2n) is 3.73. The fourth-order valence-electron chi connectivity index (χ4n) is 1.54. The first kappa shape index (κ1) is 11.1. The first-order valence-electron chi connectivity index (χ1n) is 5.26. The Labute approximate surface area is 100 Å². The number of anilines is 1. The Morgan fingerprint density at radius 1 is 1.35 bits per heavy atom. The van der Waals surface area contributed by atoms with Gasteiger partial charge in [-0.3, -0.25) is 4.98 Å². The van der Waals surface area contributed by atoms with Crippen molar-refractivity contribution in [2.45, 2.75) is 6.54 Å². The molecule has 0 unspecified atom stereocenters. The van der Waals surface area contributed by atoms with Crippen molar-refractivity contribution in [3.05, 3.63) is 54.0 Å². The lowest BCUT2D eigenvalue weighted by Crippen LogP contribution is -2.17. The van der Waals surface area contributed by atoms with E-state index in [9.17, 15) is 0 Å². The van der Waals surface area contributed by atoms with Crippen molar-refractivity contribution in [3.63, 3.8) is 0 Å². The summed E-state index contributed by atoms with van der Waals surface area (Å²) in [4.78, 5) is 10.3. The maximum Gasteiger partial charge on any atom is 0.129 e. The van der Waals surface area contributed by atoms with E-state index < -0.39 is 0 Å². The van der Waals surface area contributed by atoms with Gasteiger partial charge in [-0.25, -0.2) is 4.98 Å². The van der Waals surface area contributed by atoms with Crippen LogP contribution in [-0.2, 0) is 6.54 Å². The zero-order chi connectivity index (χ0) is 12.1. The number of nitriles is 1. The van der Waals surface area contributed by atoms with Gasteiger partial charge in [0.2, 0.25) is 0 Å². The Kier molecular flexibility index (Phi) is 3.31. The zero-order valence-corrected chi connectivity index (χ0v) is 9.54. The maximum absolute atomic E-state index is 8.83. The van der Waals surface area contributed by atoms with Crippen LogP contribution in [0.1, 0.15) is 11.1 Å². The van der Waals surface area contributed by atoms with Gasteiger partial charge in [-0.15, -0.1) is 0 Å². The highest BCUT2D eigenvalue weighted by Gasteiger charge is 2.04. The largest absolute Gasteiger partial charge is 0.355 e. The molecule has 0 atom stereocenters. The highest BCUT2D eigenvalue weighted by molar-refractivity contribution is 5.44. The van der Waals surface area contributed by atoms with Crippen LogP contribution in [0.15, 0.2) is 42.9 Å². The maximum atomic E-state index is 8.83. The van der Waals surface area contributed by atoms with Crippen molar-refractivity contribution in [2.75, 3.05) is 11.9 Å². The van der Waals surface area contributed by atoms with Crippen molar-refractivity contribution < 1.29 is 0 Å². The molecular weight excluding hydrogens is 212 g/mol. The fourth-order valence-corrected chi connectivity index (χ4v) is 1.54. The number of nitrogens with zero attached hydrogens (tertiary/aromatic N) is 4.